The zero-order chi connectivity index (χ0) is 9.14. The first kappa shape index (κ1) is 9.26. The Balaban J connectivity index is 2.97. The van der Waals surface area contributed by atoms with Crippen molar-refractivity contribution in [2.24, 2.45) is 0 Å². The minimum absolute atomic E-state index is 0.0717. The van der Waals surface area contributed by atoms with Crippen LogP contribution in [0, 0.1) is 6.92 Å². The number of hydrogen-bond acceptors (Lipinski definition) is 1. The minimum Gasteiger partial charge on any atom is -0.481 e. The van der Waals surface area contributed by atoms with Crippen molar-refractivity contribution in [1.82, 2.24) is 0 Å². The van der Waals surface area contributed by atoms with E-state index in [0.29, 0.717) is 0 Å². The topological polar surface area (TPSA) is 37.3 Å². The summed E-state index contributed by atoms with van der Waals surface area (Å²) >= 11 is 3.30. The normalized spacial score (nSPS) is 9.83. The minimum atomic E-state index is -0.804. The SMILES string of the molecule is Cc1ccc(Br)c(CC(=O)O)c1. The molecule has 64 valence electrons. The van der Waals surface area contributed by atoms with Crippen molar-refractivity contribution in [2.75, 3.05) is 0 Å². The first-order chi connectivity index (χ1) is 5.59. The molecule has 0 radical (unpaired) electrons. The fourth-order valence-corrected chi connectivity index (χ4v) is 1.39. The molecule has 2 nitrogen and oxygen atoms in total. The molecule has 0 aliphatic heterocycles. The lowest BCUT2D eigenvalue weighted by Gasteiger charge is -2.01. The number of halogens is 1. The van der Waals surface area contributed by atoms with Crippen molar-refractivity contribution >= 4 is 21.9 Å². The van der Waals surface area contributed by atoms with Gasteiger partial charge in [0.25, 0.3) is 0 Å². The lowest BCUT2D eigenvalue weighted by Crippen LogP contribution is -2.00. The zero-order valence-electron chi connectivity index (χ0n) is 6.67. The monoisotopic (exact) mass is 228 g/mol. The maximum absolute atomic E-state index is 10.4. The van der Waals surface area contributed by atoms with E-state index in [-0.39, 0.29) is 6.42 Å². The number of rotatable bonds is 2. The molecule has 1 N–H and O–H groups in total. The fourth-order valence-electron chi connectivity index (χ4n) is 1.00. The lowest BCUT2D eigenvalue weighted by molar-refractivity contribution is -0.136. The summed E-state index contributed by atoms with van der Waals surface area (Å²) in [6.45, 7) is 1.94. The largest absolute Gasteiger partial charge is 0.481 e. The van der Waals surface area contributed by atoms with Gasteiger partial charge in [-0.2, -0.15) is 0 Å². The summed E-state index contributed by atoms with van der Waals surface area (Å²) in [5.41, 5.74) is 1.90. The maximum atomic E-state index is 10.4. The highest BCUT2D eigenvalue weighted by atomic mass is 79.9. The molecule has 0 atom stereocenters. The van der Waals surface area contributed by atoms with Crippen LogP contribution in [-0.4, -0.2) is 11.1 Å². The number of aliphatic carboxylic acids is 1. The van der Waals surface area contributed by atoms with Crippen LogP contribution in [0.15, 0.2) is 22.7 Å². The highest BCUT2D eigenvalue weighted by Gasteiger charge is 2.04. The van der Waals surface area contributed by atoms with E-state index in [4.69, 9.17) is 5.11 Å². The van der Waals surface area contributed by atoms with E-state index < -0.39 is 5.97 Å². The van der Waals surface area contributed by atoms with Crippen LogP contribution in [-0.2, 0) is 11.2 Å². The zero-order valence-corrected chi connectivity index (χ0v) is 8.26. The third-order valence-electron chi connectivity index (χ3n) is 1.54. The predicted molar refractivity (Wildman–Crippen MR) is 50.2 cm³/mol. The van der Waals surface area contributed by atoms with Gasteiger partial charge in [-0.25, -0.2) is 0 Å². The van der Waals surface area contributed by atoms with Gasteiger partial charge in [-0.15, -0.1) is 0 Å². The van der Waals surface area contributed by atoms with Crippen molar-refractivity contribution < 1.29 is 9.90 Å². The van der Waals surface area contributed by atoms with Crippen LogP contribution in [0.3, 0.4) is 0 Å². The summed E-state index contributed by atoms with van der Waals surface area (Å²) in [4.78, 5) is 10.4. The summed E-state index contributed by atoms with van der Waals surface area (Å²) in [7, 11) is 0. The molecule has 1 rings (SSSR count). The summed E-state index contributed by atoms with van der Waals surface area (Å²) in [5, 5.41) is 8.56. The summed E-state index contributed by atoms with van der Waals surface area (Å²) in [6, 6.07) is 5.68. The molecular weight excluding hydrogens is 220 g/mol. The Morgan fingerprint density at radius 2 is 2.25 bits per heavy atom. The number of carboxylic acids is 1. The average Bonchev–Trinajstić information content (AvgIpc) is 1.96. The van der Waals surface area contributed by atoms with Crippen molar-refractivity contribution in [3.05, 3.63) is 33.8 Å². The summed E-state index contributed by atoms with van der Waals surface area (Å²) in [5.74, 6) is -0.804. The quantitative estimate of drug-likeness (QED) is 0.845. The van der Waals surface area contributed by atoms with E-state index in [1.165, 1.54) is 0 Å². The van der Waals surface area contributed by atoms with Crippen LogP contribution in [0.4, 0.5) is 0 Å². The van der Waals surface area contributed by atoms with Crippen LogP contribution in [0.1, 0.15) is 11.1 Å². The van der Waals surface area contributed by atoms with Gasteiger partial charge in [0.05, 0.1) is 6.42 Å². The number of hydrogen-bond donors (Lipinski definition) is 1. The van der Waals surface area contributed by atoms with Gasteiger partial charge in [-0.3, -0.25) is 4.79 Å². The molecular formula is C9H9BrO2. The second-order valence-corrected chi connectivity index (χ2v) is 3.52. The van der Waals surface area contributed by atoms with Gasteiger partial charge in [-0.05, 0) is 18.6 Å². The maximum Gasteiger partial charge on any atom is 0.307 e. The Kier molecular flexibility index (Phi) is 2.87. The number of carbonyl (C=O) groups is 1. The first-order valence-corrected chi connectivity index (χ1v) is 4.35. The van der Waals surface area contributed by atoms with Crippen molar-refractivity contribution in [3.63, 3.8) is 0 Å². The third kappa shape index (κ3) is 2.34. The Labute approximate surface area is 79.3 Å². The highest BCUT2D eigenvalue weighted by molar-refractivity contribution is 9.10. The van der Waals surface area contributed by atoms with Crippen LogP contribution < -0.4 is 0 Å². The van der Waals surface area contributed by atoms with Gasteiger partial charge in [0.15, 0.2) is 0 Å². The Morgan fingerprint density at radius 1 is 1.58 bits per heavy atom. The smallest absolute Gasteiger partial charge is 0.307 e. The molecule has 0 heterocycles. The molecule has 0 saturated carbocycles. The van der Waals surface area contributed by atoms with Crippen LogP contribution >= 0.6 is 15.9 Å². The molecule has 12 heavy (non-hydrogen) atoms. The van der Waals surface area contributed by atoms with Crippen molar-refractivity contribution in [1.29, 1.82) is 0 Å². The molecule has 3 heteroatoms. The van der Waals surface area contributed by atoms with Gasteiger partial charge < -0.3 is 5.11 Å². The van der Waals surface area contributed by atoms with Crippen molar-refractivity contribution in [3.8, 4) is 0 Å². The highest BCUT2D eigenvalue weighted by Crippen LogP contribution is 2.18. The summed E-state index contributed by atoms with van der Waals surface area (Å²) < 4.78 is 0.857. The lowest BCUT2D eigenvalue weighted by atomic mass is 10.1. The van der Waals surface area contributed by atoms with Gasteiger partial charge in [-0.1, -0.05) is 33.6 Å². The van der Waals surface area contributed by atoms with E-state index >= 15 is 0 Å². The standard InChI is InChI=1S/C9H9BrO2/c1-6-2-3-8(10)7(4-6)5-9(11)12/h2-4H,5H2,1H3,(H,11,12). The van der Waals surface area contributed by atoms with Crippen LogP contribution in [0.2, 0.25) is 0 Å². The first-order valence-electron chi connectivity index (χ1n) is 3.56. The molecule has 0 aliphatic carbocycles. The Bertz CT molecular complexity index is 307. The van der Waals surface area contributed by atoms with Gasteiger partial charge in [0, 0.05) is 4.47 Å². The van der Waals surface area contributed by atoms with Crippen LogP contribution in [0.5, 0.6) is 0 Å². The second-order valence-electron chi connectivity index (χ2n) is 2.67. The van der Waals surface area contributed by atoms with E-state index in [0.717, 1.165) is 15.6 Å². The second kappa shape index (κ2) is 3.72. The number of aryl methyl sites for hydroxylation is 1. The van der Waals surface area contributed by atoms with E-state index in [2.05, 4.69) is 15.9 Å². The fraction of sp³-hybridized carbons (Fsp3) is 0.222. The van der Waals surface area contributed by atoms with Gasteiger partial charge in [0.1, 0.15) is 0 Å². The Hall–Kier alpha value is -0.830. The molecule has 0 fully saturated rings. The van der Waals surface area contributed by atoms with E-state index in [9.17, 15) is 4.79 Å². The average molecular weight is 229 g/mol. The molecule has 0 saturated heterocycles. The van der Waals surface area contributed by atoms with Gasteiger partial charge in [0.2, 0.25) is 0 Å². The predicted octanol–water partition coefficient (Wildman–Crippen LogP) is 2.38. The van der Waals surface area contributed by atoms with Crippen LogP contribution in [0.25, 0.3) is 0 Å². The molecule has 0 aliphatic rings. The molecule has 0 aromatic heterocycles. The molecule has 0 spiro atoms. The van der Waals surface area contributed by atoms with Gasteiger partial charge >= 0.3 is 5.97 Å². The Morgan fingerprint density at radius 3 is 2.83 bits per heavy atom. The van der Waals surface area contributed by atoms with E-state index in [1.807, 2.05) is 25.1 Å². The molecule has 0 amide bonds. The van der Waals surface area contributed by atoms with Crippen molar-refractivity contribution in [2.45, 2.75) is 13.3 Å². The number of benzene rings is 1. The molecule has 0 bridgehead atoms. The third-order valence-corrected chi connectivity index (χ3v) is 2.32. The molecule has 1 aromatic carbocycles. The summed E-state index contributed by atoms with van der Waals surface area (Å²) in [6.07, 6.45) is 0.0717. The molecule has 1 aromatic rings. The molecule has 0 unspecified atom stereocenters. The number of carboxylic acid groups (broad SMARTS) is 1. The van der Waals surface area contributed by atoms with E-state index in [1.54, 1.807) is 0 Å².